The second-order valence-electron chi connectivity index (χ2n) is 10.9. The Kier molecular flexibility index (Phi) is 14.1. The number of amides is 3. The van der Waals surface area contributed by atoms with Gasteiger partial charge in [-0.2, -0.15) is 12.6 Å². The number of ether oxygens (including phenoxy) is 1. The molecule has 0 aliphatic heterocycles. The van der Waals surface area contributed by atoms with Crippen LogP contribution in [0.15, 0.2) is 18.2 Å². The van der Waals surface area contributed by atoms with E-state index in [2.05, 4.69) is 37.1 Å². The van der Waals surface area contributed by atoms with Crippen LogP contribution in [0.2, 0.25) is 0 Å². The molecule has 7 nitrogen and oxygen atoms in total. The Labute approximate surface area is 229 Å². The lowest BCUT2D eigenvalue weighted by molar-refractivity contribution is -0.142. The lowest BCUT2D eigenvalue weighted by Crippen LogP contribution is -2.54. The van der Waals surface area contributed by atoms with Crippen LogP contribution in [0.1, 0.15) is 103 Å². The SMILES string of the molecule is CCCCCCN(C(=O)C(CS)NC(=O)OC(C)(C)C)C(C(=O)NC(C)CCC)c1c(C)cccc1C. The smallest absolute Gasteiger partial charge is 0.408 e. The van der Waals surface area contributed by atoms with Crippen LogP contribution in [0.5, 0.6) is 0 Å². The molecular weight excluding hydrogens is 486 g/mol. The van der Waals surface area contributed by atoms with Crippen LogP contribution in [0.4, 0.5) is 4.79 Å². The first-order chi connectivity index (χ1) is 17.4. The van der Waals surface area contributed by atoms with Crippen molar-refractivity contribution in [3.63, 3.8) is 0 Å². The van der Waals surface area contributed by atoms with Gasteiger partial charge in [0.1, 0.15) is 17.7 Å². The van der Waals surface area contributed by atoms with Gasteiger partial charge in [-0.15, -0.1) is 0 Å². The van der Waals surface area contributed by atoms with E-state index in [1.165, 1.54) is 0 Å². The highest BCUT2D eigenvalue weighted by Gasteiger charge is 2.37. The fourth-order valence-electron chi connectivity index (χ4n) is 4.43. The highest BCUT2D eigenvalue weighted by molar-refractivity contribution is 7.80. The van der Waals surface area contributed by atoms with Crippen LogP contribution in [-0.4, -0.2) is 52.8 Å². The van der Waals surface area contributed by atoms with Crippen molar-refractivity contribution in [1.29, 1.82) is 0 Å². The van der Waals surface area contributed by atoms with Crippen LogP contribution in [-0.2, 0) is 14.3 Å². The van der Waals surface area contributed by atoms with Crippen molar-refractivity contribution in [3.8, 4) is 0 Å². The van der Waals surface area contributed by atoms with Crippen molar-refractivity contribution in [1.82, 2.24) is 15.5 Å². The quantitative estimate of drug-likeness (QED) is 0.205. The maximum Gasteiger partial charge on any atom is 0.408 e. The minimum atomic E-state index is -0.933. The molecule has 2 N–H and O–H groups in total. The van der Waals surface area contributed by atoms with Crippen molar-refractivity contribution in [3.05, 3.63) is 34.9 Å². The third kappa shape index (κ3) is 11.0. The molecule has 0 aromatic heterocycles. The average Bonchev–Trinajstić information content (AvgIpc) is 2.79. The van der Waals surface area contributed by atoms with Gasteiger partial charge in [0.15, 0.2) is 0 Å². The summed E-state index contributed by atoms with van der Waals surface area (Å²) in [6, 6.07) is 4.10. The van der Waals surface area contributed by atoms with Crippen LogP contribution < -0.4 is 10.6 Å². The van der Waals surface area contributed by atoms with E-state index in [0.29, 0.717) is 6.54 Å². The van der Waals surface area contributed by atoms with E-state index >= 15 is 0 Å². The van der Waals surface area contributed by atoms with E-state index in [-0.39, 0.29) is 23.6 Å². The molecule has 210 valence electrons. The normalized spacial score (nSPS) is 13.9. The molecule has 0 aliphatic rings. The predicted molar refractivity (Wildman–Crippen MR) is 154 cm³/mol. The highest BCUT2D eigenvalue weighted by Crippen LogP contribution is 2.29. The van der Waals surface area contributed by atoms with E-state index in [4.69, 9.17) is 4.74 Å². The molecule has 1 aromatic rings. The number of hydrogen-bond donors (Lipinski definition) is 3. The summed E-state index contributed by atoms with van der Waals surface area (Å²) in [6.45, 7) is 15.8. The molecule has 0 saturated heterocycles. The molecule has 3 amide bonds. The van der Waals surface area contributed by atoms with Gasteiger partial charge in [0.05, 0.1) is 0 Å². The Morgan fingerprint density at radius 3 is 2.14 bits per heavy atom. The predicted octanol–water partition coefficient (Wildman–Crippen LogP) is 5.88. The van der Waals surface area contributed by atoms with Crippen molar-refractivity contribution in [2.24, 2.45) is 0 Å². The van der Waals surface area contributed by atoms with Gasteiger partial charge in [-0.3, -0.25) is 9.59 Å². The largest absolute Gasteiger partial charge is 0.444 e. The minimum Gasteiger partial charge on any atom is -0.444 e. The summed E-state index contributed by atoms with van der Waals surface area (Å²) in [5, 5.41) is 5.82. The van der Waals surface area contributed by atoms with E-state index in [1.54, 1.807) is 25.7 Å². The summed E-state index contributed by atoms with van der Waals surface area (Å²) in [5.41, 5.74) is 2.00. The third-order valence-electron chi connectivity index (χ3n) is 6.19. The molecule has 37 heavy (non-hydrogen) atoms. The maximum atomic E-state index is 14.0. The second kappa shape index (κ2) is 15.9. The molecule has 8 heteroatoms. The van der Waals surface area contributed by atoms with Gasteiger partial charge in [0.25, 0.3) is 0 Å². The molecule has 3 atom stereocenters. The second-order valence-corrected chi connectivity index (χ2v) is 11.2. The Bertz CT molecular complexity index is 864. The van der Waals surface area contributed by atoms with Gasteiger partial charge in [-0.1, -0.05) is 57.7 Å². The van der Waals surface area contributed by atoms with Gasteiger partial charge >= 0.3 is 6.09 Å². The van der Waals surface area contributed by atoms with Crippen molar-refractivity contribution in [2.75, 3.05) is 12.3 Å². The zero-order valence-electron chi connectivity index (χ0n) is 24.1. The first kappa shape index (κ1) is 32.8. The molecule has 0 saturated carbocycles. The number of rotatable bonds is 14. The summed E-state index contributed by atoms with van der Waals surface area (Å²) in [4.78, 5) is 42.0. The Hall–Kier alpha value is -2.22. The maximum absolute atomic E-state index is 14.0. The molecule has 0 radical (unpaired) electrons. The Balaban J connectivity index is 3.50. The van der Waals surface area contributed by atoms with Crippen LogP contribution in [0.3, 0.4) is 0 Å². The number of carbonyl (C=O) groups is 3. The number of alkyl carbamates (subject to hydrolysis) is 1. The van der Waals surface area contributed by atoms with Crippen LogP contribution >= 0.6 is 12.6 Å². The van der Waals surface area contributed by atoms with Crippen LogP contribution in [0.25, 0.3) is 0 Å². The Morgan fingerprint density at radius 1 is 1.00 bits per heavy atom. The number of nitrogens with zero attached hydrogens (tertiary/aromatic N) is 1. The number of aryl methyl sites for hydroxylation is 2. The molecule has 0 aliphatic carbocycles. The molecular formula is C29H49N3O4S. The first-order valence-electron chi connectivity index (χ1n) is 13.6. The summed E-state index contributed by atoms with van der Waals surface area (Å²) in [6.07, 6.45) is 4.90. The van der Waals surface area contributed by atoms with Crippen molar-refractivity contribution >= 4 is 30.5 Å². The molecule has 3 unspecified atom stereocenters. The number of nitrogens with one attached hydrogen (secondary N) is 2. The lowest BCUT2D eigenvalue weighted by Gasteiger charge is -2.36. The molecule has 1 aromatic carbocycles. The highest BCUT2D eigenvalue weighted by atomic mass is 32.1. The molecule has 0 heterocycles. The fourth-order valence-corrected chi connectivity index (χ4v) is 4.67. The van der Waals surface area contributed by atoms with E-state index in [0.717, 1.165) is 55.2 Å². The molecule has 1 rings (SSSR count). The van der Waals surface area contributed by atoms with Crippen molar-refractivity contribution < 1.29 is 19.1 Å². The number of benzene rings is 1. The summed E-state index contributed by atoms with van der Waals surface area (Å²) in [5.74, 6) is -0.475. The number of thiol groups is 1. The minimum absolute atomic E-state index is 0.0260. The standard InChI is InChI=1S/C29H49N3O4S/c1-9-11-12-13-18-32(27(34)23(19-37)31-28(35)36-29(6,7)8)25(26(33)30-22(5)15-10-2)24-20(3)16-14-17-21(24)4/h14,16-17,22-23,25,37H,9-13,15,18-19H2,1-8H3,(H,30,33)(H,31,35). The topological polar surface area (TPSA) is 87.7 Å². The van der Waals surface area contributed by atoms with Gasteiger partial charge in [0.2, 0.25) is 11.8 Å². The molecule has 0 bridgehead atoms. The van der Waals surface area contributed by atoms with Gasteiger partial charge in [-0.25, -0.2) is 4.79 Å². The average molecular weight is 536 g/mol. The van der Waals surface area contributed by atoms with Gasteiger partial charge in [0, 0.05) is 18.3 Å². The first-order valence-corrected chi connectivity index (χ1v) is 14.3. The van der Waals surface area contributed by atoms with E-state index in [1.807, 2.05) is 39.0 Å². The summed E-state index contributed by atoms with van der Waals surface area (Å²) < 4.78 is 5.39. The monoisotopic (exact) mass is 535 g/mol. The zero-order valence-corrected chi connectivity index (χ0v) is 25.0. The lowest BCUT2D eigenvalue weighted by atomic mass is 9.93. The molecule has 0 fully saturated rings. The number of hydrogen-bond acceptors (Lipinski definition) is 5. The summed E-state index contributed by atoms with van der Waals surface area (Å²) >= 11 is 4.37. The van der Waals surface area contributed by atoms with Gasteiger partial charge < -0.3 is 20.3 Å². The van der Waals surface area contributed by atoms with E-state index < -0.39 is 23.8 Å². The fraction of sp³-hybridized carbons (Fsp3) is 0.690. The van der Waals surface area contributed by atoms with Gasteiger partial charge in [-0.05, 0) is 71.1 Å². The number of carbonyl (C=O) groups excluding carboxylic acids is 3. The summed E-state index contributed by atoms with van der Waals surface area (Å²) in [7, 11) is 0. The number of unbranched alkanes of at least 4 members (excludes halogenated alkanes) is 3. The zero-order chi connectivity index (χ0) is 28.2. The van der Waals surface area contributed by atoms with Crippen LogP contribution in [0, 0.1) is 13.8 Å². The van der Waals surface area contributed by atoms with Crippen molar-refractivity contribution in [2.45, 2.75) is 118 Å². The Morgan fingerprint density at radius 2 is 1.62 bits per heavy atom. The third-order valence-corrected chi connectivity index (χ3v) is 6.56. The van der Waals surface area contributed by atoms with E-state index in [9.17, 15) is 14.4 Å². The molecule has 0 spiro atoms.